The van der Waals surface area contributed by atoms with Crippen LogP contribution < -0.4 is 4.90 Å². The summed E-state index contributed by atoms with van der Waals surface area (Å²) in [6.45, 7) is 6.33. The summed E-state index contributed by atoms with van der Waals surface area (Å²) in [5, 5.41) is 9.85. The van der Waals surface area contributed by atoms with E-state index in [-0.39, 0.29) is 5.82 Å². The van der Waals surface area contributed by atoms with Gasteiger partial charge in [-0.1, -0.05) is 23.8 Å². The fourth-order valence-electron chi connectivity index (χ4n) is 2.39. The lowest BCUT2D eigenvalue weighted by Crippen LogP contribution is -2.19. The van der Waals surface area contributed by atoms with Crippen LogP contribution in [0.5, 0.6) is 0 Å². The first-order valence-electron chi connectivity index (χ1n) is 6.85. The monoisotopic (exact) mass is 273 g/mol. The topological polar surface area (TPSA) is 23.5 Å². The molecule has 0 radical (unpaired) electrons. The molecular weight excluding hydrogens is 253 g/mol. The Morgan fingerprint density at radius 1 is 1.15 bits per heavy atom. The Bertz CT molecular complexity index is 578. The molecule has 0 aliphatic heterocycles. The SMILES string of the molecule is CCN(c1ccc(C)cc1)c1cccc(F)c1[C@@H](C)O. The van der Waals surface area contributed by atoms with Crippen LogP contribution in [0.25, 0.3) is 0 Å². The van der Waals surface area contributed by atoms with Crippen molar-refractivity contribution >= 4 is 11.4 Å². The van der Waals surface area contributed by atoms with Crippen LogP contribution in [-0.2, 0) is 0 Å². The van der Waals surface area contributed by atoms with Crippen LogP contribution in [0.2, 0.25) is 0 Å². The molecule has 1 atom stereocenters. The Morgan fingerprint density at radius 3 is 2.35 bits per heavy atom. The molecule has 0 amide bonds. The number of rotatable bonds is 4. The minimum atomic E-state index is -0.842. The van der Waals surface area contributed by atoms with Crippen molar-refractivity contribution in [2.75, 3.05) is 11.4 Å². The smallest absolute Gasteiger partial charge is 0.131 e. The summed E-state index contributed by atoms with van der Waals surface area (Å²) in [6.07, 6.45) is -0.842. The van der Waals surface area contributed by atoms with Crippen LogP contribution in [0.1, 0.15) is 31.1 Å². The van der Waals surface area contributed by atoms with E-state index in [0.29, 0.717) is 17.8 Å². The van der Waals surface area contributed by atoms with E-state index in [4.69, 9.17) is 0 Å². The number of nitrogens with zero attached hydrogens (tertiary/aromatic N) is 1. The van der Waals surface area contributed by atoms with E-state index >= 15 is 0 Å². The zero-order chi connectivity index (χ0) is 14.7. The second-order valence-corrected chi connectivity index (χ2v) is 4.93. The van der Waals surface area contributed by atoms with Gasteiger partial charge in [-0.25, -0.2) is 4.39 Å². The van der Waals surface area contributed by atoms with E-state index in [1.807, 2.05) is 49.1 Å². The fourth-order valence-corrected chi connectivity index (χ4v) is 2.39. The number of aliphatic hydroxyl groups is 1. The highest BCUT2D eigenvalue weighted by Crippen LogP contribution is 2.33. The van der Waals surface area contributed by atoms with Crippen molar-refractivity contribution in [3.05, 3.63) is 59.4 Å². The van der Waals surface area contributed by atoms with Crippen molar-refractivity contribution in [1.82, 2.24) is 0 Å². The maximum Gasteiger partial charge on any atom is 0.131 e. The number of benzene rings is 2. The van der Waals surface area contributed by atoms with Gasteiger partial charge in [-0.3, -0.25) is 0 Å². The molecule has 0 bridgehead atoms. The van der Waals surface area contributed by atoms with Gasteiger partial charge < -0.3 is 10.0 Å². The second-order valence-electron chi connectivity index (χ2n) is 4.93. The number of hydrogen-bond acceptors (Lipinski definition) is 2. The molecule has 2 rings (SSSR count). The quantitative estimate of drug-likeness (QED) is 0.895. The molecule has 0 saturated heterocycles. The first-order valence-corrected chi connectivity index (χ1v) is 6.85. The van der Waals surface area contributed by atoms with Gasteiger partial charge in [0, 0.05) is 23.5 Å². The lowest BCUT2D eigenvalue weighted by Gasteiger charge is -2.27. The summed E-state index contributed by atoms with van der Waals surface area (Å²) >= 11 is 0. The Labute approximate surface area is 119 Å². The Kier molecular flexibility index (Phi) is 4.40. The van der Waals surface area contributed by atoms with E-state index in [9.17, 15) is 9.50 Å². The Morgan fingerprint density at radius 2 is 1.80 bits per heavy atom. The third-order valence-corrected chi connectivity index (χ3v) is 3.40. The van der Waals surface area contributed by atoms with E-state index in [1.165, 1.54) is 11.6 Å². The minimum absolute atomic E-state index is 0.343. The van der Waals surface area contributed by atoms with Crippen molar-refractivity contribution in [3.8, 4) is 0 Å². The van der Waals surface area contributed by atoms with Crippen LogP contribution in [0.15, 0.2) is 42.5 Å². The molecule has 0 aliphatic carbocycles. The summed E-state index contributed by atoms with van der Waals surface area (Å²) in [4.78, 5) is 2.00. The molecule has 2 aromatic rings. The zero-order valence-corrected chi connectivity index (χ0v) is 12.1. The van der Waals surface area contributed by atoms with E-state index in [2.05, 4.69) is 0 Å². The average Bonchev–Trinajstić information content (AvgIpc) is 2.41. The summed E-state index contributed by atoms with van der Waals surface area (Å²) in [6, 6.07) is 13.0. The summed E-state index contributed by atoms with van der Waals surface area (Å²) in [5.41, 5.74) is 3.23. The highest BCUT2D eigenvalue weighted by Gasteiger charge is 2.18. The molecule has 0 fully saturated rings. The van der Waals surface area contributed by atoms with Crippen molar-refractivity contribution in [1.29, 1.82) is 0 Å². The zero-order valence-electron chi connectivity index (χ0n) is 12.1. The molecule has 0 aromatic heterocycles. The van der Waals surface area contributed by atoms with Crippen molar-refractivity contribution in [2.24, 2.45) is 0 Å². The standard InChI is InChI=1S/C17H20FNO/c1-4-19(14-10-8-12(2)9-11-14)16-7-5-6-15(18)17(16)13(3)20/h5-11,13,20H,4H2,1-3H3/t13-/m1/s1. The van der Waals surface area contributed by atoms with Crippen LogP contribution in [0, 0.1) is 12.7 Å². The normalized spacial score (nSPS) is 12.2. The van der Waals surface area contributed by atoms with Gasteiger partial charge in [-0.05, 0) is 45.0 Å². The van der Waals surface area contributed by atoms with Gasteiger partial charge >= 0.3 is 0 Å². The third-order valence-electron chi connectivity index (χ3n) is 3.40. The van der Waals surface area contributed by atoms with E-state index < -0.39 is 6.10 Å². The predicted molar refractivity (Wildman–Crippen MR) is 80.9 cm³/mol. The fraction of sp³-hybridized carbons (Fsp3) is 0.294. The van der Waals surface area contributed by atoms with E-state index in [0.717, 1.165) is 5.69 Å². The molecule has 2 nitrogen and oxygen atoms in total. The molecule has 20 heavy (non-hydrogen) atoms. The highest BCUT2D eigenvalue weighted by molar-refractivity contribution is 5.67. The first-order chi connectivity index (χ1) is 9.54. The summed E-state index contributed by atoms with van der Waals surface area (Å²) in [5.74, 6) is -0.372. The molecule has 0 unspecified atom stereocenters. The third kappa shape index (κ3) is 2.83. The molecular formula is C17H20FNO. The summed E-state index contributed by atoms with van der Waals surface area (Å²) in [7, 11) is 0. The lowest BCUT2D eigenvalue weighted by molar-refractivity contribution is 0.194. The van der Waals surface area contributed by atoms with Gasteiger partial charge in [0.25, 0.3) is 0 Å². The first kappa shape index (κ1) is 14.5. The van der Waals surface area contributed by atoms with Crippen molar-refractivity contribution in [2.45, 2.75) is 26.9 Å². The average molecular weight is 273 g/mol. The second kappa shape index (κ2) is 6.06. The van der Waals surface area contributed by atoms with Crippen molar-refractivity contribution < 1.29 is 9.50 Å². The molecule has 0 saturated carbocycles. The van der Waals surface area contributed by atoms with Gasteiger partial charge in [0.05, 0.1) is 6.10 Å². The highest BCUT2D eigenvalue weighted by atomic mass is 19.1. The number of aryl methyl sites for hydroxylation is 1. The predicted octanol–water partition coefficient (Wildman–Crippen LogP) is 4.35. The number of halogens is 1. The van der Waals surface area contributed by atoms with Crippen LogP contribution in [0.4, 0.5) is 15.8 Å². The largest absolute Gasteiger partial charge is 0.389 e. The summed E-state index contributed by atoms with van der Waals surface area (Å²) < 4.78 is 14.0. The Hall–Kier alpha value is -1.87. The Balaban J connectivity index is 2.52. The number of aliphatic hydroxyl groups excluding tert-OH is 1. The molecule has 1 N–H and O–H groups in total. The maximum absolute atomic E-state index is 14.0. The van der Waals surface area contributed by atoms with Gasteiger partial charge in [0.15, 0.2) is 0 Å². The molecule has 0 heterocycles. The van der Waals surface area contributed by atoms with E-state index in [1.54, 1.807) is 13.0 Å². The molecule has 2 aromatic carbocycles. The van der Waals surface area contributed by atoms with Crippen LogP contribution in [0.3, 0.4) is 0 Å². The molecule has 3 heteroatoms. The van der Waals surface area contributed by atoms with Gasteiger partial charge in [0.1, 0.15) is 5.82 Å². The molecule has 0 spiro atoms. The van der Waals surface area contributed by atoms with Crippen molar-refractivity contribution in [3.63, 3.8) is 0 Å². The maximum atomic E-state index is 14.0. The molecule has 106 valence electrons. The minimum Gasteiger partial charge on any atom is -0.389 e. The van der Waals surface area contributed by atoms with Gasteiger partial charge in [-0.2, -0.15) is 0 Å². The molecule has 0 aliphatic rings. The lowest BCUT2D eigenvalue weighted by atomic mass is 10.1. The number of hydrogen-bond donors (Lipinski definition) is 1. The number of anilines is 2. The van der Waals surface area contributed by atoms with Crippen LogP contribution in [-0.4, -0.2) is 11.7 Å². The van der Waals surface area contributed by atoms with Gasteiger partial charge in [-0.15, -0.1) is 0 Å². The van der Waals surface area contributed by atoms with Crippen LogP contribution >= 0.6 is 0 Å². The van der Waals surface area contributed by atoms with Gasteiger partial charge in [0.2, 0.25) is 0 Å².